The summed E-state index contributed by atoms with van der Waals surface area (Å²) in [6, 6.07) is 10.3. The number of halogens is 1. The van der Waals surface area contributed by atoms with Crippen LogP contribution in [0.15, 0.2) is 36.4 Å². The Labute approximate surface area is 132 Å². The Balaban J connectivity index is 1.88. The maximum Gasteiger partial charge on any atom is 0.343 e. The SMILES string of the molecule is CCn1nnc2cc(C(=O)Oc3ccc(Cl)cc3C)ccc21. The maximum atomic E-state index is 12.3. The molecule has 0 fully saturated rings. The second-order valence-electron chi connectivity index (χ2n) is 4.91. The van der Waals surface area contributed by atoms with E-state index < -0.39 is 5.97 Å². The van der Waals surface area contributed by atoms with E-state index >= 15 is 0 Å². The summed E-state index contributed by atoms with van der Waals surface area (Å²) in [5, 5.41) is 8.68. The van der Waals surface area contributed by atoms with Crippen LogP contribution in [0, 0.1) is 6.92 Å². The largest absolute Gasteiger partial charge is 0.423 e. The first-order valence-electron chi connectivity index (χ1n) is 6.90. The van der Waals surface area contributed by atoms with E-state index in [1.165, 1.54) is 0 Å². The number of ether oxygens (including phenoxy) is 1. The van der Waals surface area contributed by atoms with Crippen LogP contribution in [0.2, 0.25) is 5.02 Å². The number of carbonyl (C=O) groups is 1. The van der Waals surface area contributed by atoms with Crippen molar-refractivity contribution in [3.05, 3.63) is 52.5 Å². The van der Waals surface area contributed by atoms with Gasteiger partial charge in [-0.3, -0.25) is 0 Å². The second-order valence-corrected chi connectivity index (χ2v) is 5.34. The van der Waals surface area contributed by atoms with Gasteiger partial charge in [0.25, 0.3) is 0 Å². The number of aromatic nitrogens is 3. The first-order valence-corrected chi connectivity index (χ1v) is 7.28. The zero-order valence-electron chi connectivity index (χ0n) is 12.2. The molecule has 0 atom stereocenters. The van der Waals surface area contributed by atoms with Crippen LogP contribution in [-0.2, 0) is 6.54 Å². The molecule has 0 saturated heterocycles. The molecular formula is C16H14ClN3O2. The number of nitrogens with zero attached hydrogens (tertiary/aromatic N) is 3. The predicted octanol–water partition coefficient (Wildman–Crippen LogP) is 3.63. The van der Waals surface area contributed by atoms with Crippen molar-refractivity contribution in [2.45, 2.75) is 20.4 Å². The molecule has 0 aliphatic heterocycles. The fraction of sp³-hybridized carbons (Fsp3) is 0.188. The van der Waals surface area contributed by atoms with Crippen molar-refractivity contribution in [2.75, 3.05) is 0 Å². The molecule has 0 aliphatic carbocycles. The highest BCUT2D eigenvalue weighted by atomic mass is 35.5. The summed E-state index contributed by atoms with van der Waals surface area (Å²) >= 11 is 5.89. The molecule has 22 heavy (non-hydrogen) atoms. The minimum absolute atomic E-state index is 0.432. The number of hydrogen-bond donors (Lipinski definition) is 0. The molecule has 1 heterocycles. The van der Waals surface area contributed by atoms with E-state index in [9.17, 15) is 4.79 Å². The van der Waals surface area contributed by atoms with Crippen LogP contribution in [0.3, 0.4) is 0 Å². The molecule has 0 aliphatic rings. The van der Waals surface area contributed by atoms with E-state index in [1.807, 2.05) is 19.9 Å². The van der Waals surface area contributed by atoms with E-state index in [0.29, 0.717) is 21.9 Å². The lowest BCUT2D eigenvalue weighted by atomic mass is 10.2. The minimum Gasteiger partial charge on any atom is -0.423 e. The van der Waals surface area contributed by atoms with E-state index in [-0.39, 0.29) is 0 Å². The Bertz CT molecular complexity index is 858. The summed E-state index contributed by atoms with van der Waals surface area (Å²) in [5.41, 5.74) is 2.80. The molecular weight excluding hydrogens is 302 g/mol. The summed E-state index contributed by atoms with van der Waals surface area (Å²) in [5.74, 6) is 0.0603. The summed E-state index contributed by atoms with van der Waals surface area (Å²) in [4.78, 5) is 12.3. The van der Waals surface area contributed by atoms with Crippen LogP contribution < -0.4 is 4.74 Å². The fourth-order valence-electron chi connectivity index (χ4n) is 2.22. The van der Waals surface area contributed by atoms with Crippen LogP contribution in [0.5, 0.6) is 5.75 Å². The normalized spacial score (nSPS) is 10.9. The van der Waals surface area contributed by atoms with Crippen molar-refractivity contribution in [1.29, 1.82) is 0 Å². The molecule has 5 nitrogen and oxygen atoms in total. The first kappa shape index (κ1) is 14.5. The standard InChI is InChI=1S/C16H14ClN3O2/c1-3-20-14-6-4-11(9-13(14)18-19-20)16(21)22-15-7-5-12(17)8-10(15)2/h4-9H,3H2,1-2H3. The van der Waals surface area contributed by atoms with E-state index in [1.54, 1.807) is 35.0 Å². The molecule has 2 aromatic carbocycles. The third-order valence-electron chi connectivity index (χ3n) is 3.39. The molecule has 0 N–H and O–H groups in total. The maximum absolute atomic E-state index is 12.3. The summed E-state index contributed by atoms with van der Waals surface area (Å²) in [6.07, 6.45) is 0. The lowest BCUT2D eigenvalue weighted by molar-refractivity contribution is 0.0733. The zero-order valence-corrected chi connectivity index (χ0v) is 13.0. The van der Waals surface area contributed by atoms with Crippen LogP contribution in [-0.4, -0.2) is 21.0 Å². The first-order chi connectivity index (χ1) is 10.6. The molecule has 0 radical (unpaired) electrons. The van der Waals surface area contributed by atoms with Crippen molar-refractivity contribution in [3.63, 3.8) is 0 Å². The number of benzene rings is 2. The zero-order chi connectivity index (χ0) is 15.7. The highest BCUT2D eigenvalue weighted by Gasteiger charge is 2.13. The molecule has 0 saturated carbocycles. The van der Waals surface area contributed by atoms with Gasteiger partial charge < -0.3 is 4.74 Å². The molecule has 0 unspecified atom stereocenters. The van der Waals surface area contributed by atoms with Crippen molar-refractivity contribution < 1.29 is 9.53 Å². The van der Waals surface area contributed by atoms with Crippen molar-refractivity contribution in [1.82, 2.24) is 15.0 Å². The minimum atomic E-state index is -0.432. The number of carbonyl (C=O) groups excluding carboxylic acids is 1. The average molecular weight is 316 g/mol. The third-order valence-corrected chi connectivity index (χ3v) is 3.62. The molecule has 0 bridgehead atoms. The van der Waals surface area contributed by atoms with Crippen molar-refractivity contribution >= 4 is 28.6 Å². The molecule has 0 amide bonds. The van der Waals surface area contributed by atoms with Gasteiger partial charge in [0.05, 0.1) is 11.1 Å². The van der Waals surface area contributed by atoms with Gasteiger partial charge in [-0.2, -0.15) is 0 Å². The molecule has 1 aromatic heterocycles. The topological polar surface area (TPSA) is 57.0 Å². The molecule has 6 heteroatoms. The lowest BCUT2D eigenvalue weighted by Crippen LogP contribution is -2.09. The quantitative estimate of drug-likeness (QED) is 0.547. The Morgan fingerprint density at radius 1 is 1.27 bits per heavy atom. The van der Waals surface area contributed by atoms with Gasteiger partial charge in [-0.1, -0.05) is 16.8 Å². The Kier molecular flexibility index (Phi) is 3.81. The van der Waals surface area contributed by atoms with Crippen molar-refractivity contribution in [3.8, 4) is 5.75 Å². The predicted molar refractivity (Wildman–Crippen MR) is 84.3 cm³/mol. The molecule has 3 rings (SSSR count). The summed E-state index contributed by atoms with van der Waals surface area (Å²) < 4.78 is 7.19. The second kappa shape index (κ2) is 5.77. The molecule has 112 valence electrons. The Morgan fingerprint density at radius 2 is 2.09 bits per heavy atom. The smallest absolute Gasteiger partial charge is 0.343 e. The van der Waals surface area contributed by atoms with Crippen LogP contribution in [0.1, 0.15) is 22.8 Å². The third kappa shape index (κ3) is 2.67. The number of aryl methyl sites for hydroxylation is 2. The van der Waals surface area contributed by atoms with Gasteiger partial charge in [-0.15, -0.1) is 5.10 Å². The van der Waals surface area contributed by atoms with Crippen LogP contribution in [0.4, 0.5) is 0 Å². The van der Waals surface area contributed by atoms with Gasteiger partial charge in [-0.25, -0.2) is 9.48 Å². The Hall–Kier alpha value is -2.40. The highest BCUT2D eigenvalue weighted by Crippen LogP contribution is 2.23. The molecule has 0 spiro atoms. The monoisotopic (exact) mass is 315 g/mol. The summed E-state index contributed by atoms with van der Waals surface area (Å²) in [7, 11) is 0. The fourth-order valence-corrected chi connectivity index (χ4v) is 2.45. The lowest BCUT2D eigenvalue weighted by Gasteiger charge is -2.07. The van der Waals surface area contributed by atoms with Gasteiger partial charge >= 0.3 is 5.97 Å². The number of fused-ring (bicyclic) bond motifs is 1. The van der Waals surface area contributed by atoms with Gasteiger partial charge in [0.2, 0.25) is 0 Å². The van der Waals surface area contributed by atoms with Crippen LogP contribution >= 0.6 is 11.6 Å². The van der Waals surface area contributed by atoms with Gasteiger partial charge in [0.15, 0.2) is 0 Å². The number of rotatable bonds is 3. The van der Waals surface area contributed by atoms with E-state index in [4.69, 9.17) is 16.3 Å². The van der Waals surface area contributed by atoms with E-state index in [2.05, 4.69) is 10.3 Å². The van der Waals surface area contributed by atoms with Gasteiger partial charge in [0, 0.05) is 11.6 Å². The summed E-state index contributed by atoms with van der Waals surface area (Å²) in [6.45, 7) is 4.55. The molecule has 3 aromatic rings. The highest BCUT2D eigenvalue weighted by molar-refractivity contribution is 6.30. The Morgan fingerprint density at radius 3 is 2.82 bits per heavy atom. The number of hydrogen-bond acceptors (Lipinski definition) is 4. The van der Waals surface area contributed by atoms with Crippen molar-refractivity contribution in [2.24, 2.45) is 0 Å². The number of esters is 1. The van der Waals surface area contributed by atoms with Gasteiger partial charge in [0.1, 0.15) is 11.3 Å². The average Bonchev–Trinajstić information content (AvgIpc) is 2.92. The van der Waals surface area contributed by atoms with Crippen LogP contribution in [0.25, 0.3) is 11.0 Å². The van der Waals surface area contributed by atoms with E-state index in [0.717, 1.165) is 17.6 Å². The van der Waals surface area contributed by atoms with Gasteiger partial charge in [-0.05, 0) is 55.8 Å².